The molecule has 0 saturated carbocycles. The summed E-state index contributed by atoms with van der Waals surface area (Å²) in [5.41, 5.74) is 1.13. The van der Waals surface area contributed by atoms with Crippen molar-refractivity contribution in [2.45, 2.75) is 25.6 Å². The molecule has 1 aromatic carbocycles. The molecular formula is C22H20Cl2N2O2. The molecule has 144 valence electrons. The first kappa shape index (κ1) is 20.3. The van der Waals surface area contributed by atoms with Gasteiger partial charge in [-0.2, -0.15) is 0 Å². The van der Waals surface area contributed by atoms with Crippen LogP contribution in [-0.4, -0.2) is 16.3 Å². The maximum atomic E-state index is 13.1. The SMILES string of the molecule is CC(C)C(C(=O)Nc1cc2cc[nH]c(=O)c2cc1Cl)C1=C/CC#CC(Cl)/C=C\1. The summed E-state index contributed by atoms with van der Waals surface area (Å²) in [4.78, 5) is 27.6. The number of carbonyl (C=O) groups is 1. The molecule has 2 unspecified atom stereocenters. The number of hydrogen-bond acceptors (Lipinski definition) is 2. The molecule has 3 rings (SSSR count). The van der Waals surface area contributed by atoms with Gasteiger partial charge in [0.25, 0.3) is 5.56 Å². The summed E-state index contributed by atoms with van der Waals surface area (Å²) in [5.74, 6) is 5.40. The standard InChI is InChI=1S/C22H20Cl2N2O2/c1-13(2)20(14-5-3-4-6-16(23)8-7-14)22(28)26-19-11-15-9-10-25-21(27)17(15)12-18(19)24/h5,7-13,16,20H,3H2,1-2H3,(H,25,27)(H,26,28)/b8-7-,14-5+. The van der Waals surface area contributed by atoms with Crippen LogP contribution in [0, 0.1) is 23.7 Å². The van der Waals surface area contributed by atoms with E-state index in [1.54, 1.807) is 30.5 Å². The Labute approximate surface area is 173 Å². The van der Waals surface area contributed by atoms with Crippen molar-refractivity contribution in [3.05, 3.63) is 63.6 Å². The first-order valence-electron chi connectivity index (χ1n) is 8.99. The minimum Gasteiger partial charge on any atom is -0.329 e. The molecule has 1 amide bonds. The molecule has 0 aliphatic heterocycles. The van der Waals surface area contributed by atoms with Crippen LogP contribution in [0.2, 0.25) is 5.02 Å². The third-order valence-electron chi connectivity index (χ3n) is 4.56. The van der Waals surface area contributed by atoms with Gasteiger partial charge in [0.15, 0.2) is 0 Å². The monoisotopic (exact) mass is 414 g/mol. The number of pyridine rings is 1. The van der Waals surface area contributed by atoms with Crippen LogP contribution < -0.4 is 10.9 Å². The number of aromatic nitrogens is 1. The predicted molar refractivity (Wildman–Crippen MR) is 116 cm³/mol. The fraction of sp³-hybridized carbons (Fsp3) is 0.273. The molecule has 1 aliphatic carbocycles. The number of alkyl halides is 1. The van der Waals surface area contributed by atoms with Crippen LogP contribution in [0.1, 0.15) is 20.3 Å². The Balaban J connectivity index is 1.93. The quantitative estimate of drug-likeness (QED) is 0.552. The molecule has 2 aromatic rings. The molecule has 0 saturated heterocycles. The Morgan fingerprint density at radius 1 is 1.36 bits per heavy atom. The topological polar surface area (TPSA) is 62.0 Å². The number of allylic oxidation sites excluding steroid dienone is 3. The lowest BCUT2D eigenvalue weighted by Gasteiger charge is -2.22. The number of anilines is 1. The lowest BCUT2D eigenvalue weighted by Crippen LogP contribution is -2.28. The van der Waals surface area contributed by atoms with Crippen LogP contribution in [0.4, 0.5) is 5.69 Å². The van der Waals surface area contributed by atoms with E-state index in [2.05, 4.69) is 22.1 Å². The average molecular weight is 415 g/mol. The summed E-state index contributed by atoms with van der Waals surface area (Å²) >= 11 is 12.4. The molecule has 0 spiro atoms. The average Bonchev–Trinajstić information content (AvgIpc) is 2.62. The van der Waals surface area contributed by atoms with Gasteiger partial charge in [-0.25, -0.2) is 0 Å². The van der Waals surface area contributed by atoms with E-state index in [0.29, 0.717) is 27.9 Å². The minimum atomic E-state index is -0.383. The van der Waals surface area contributed by atoms with Crippen molar-refractivity contribution in [2.75, 3.05) is 5.32 Å². The number of benzene rings is 1. The third kappa shape index (κ3) is 4.49. The first-order valence-corrected chi connectivity index (χ1v) is 9.81. The van der Waals surface area contributed by atoms with Crippen molar-refractivity contribution < 1.29 is 4.79 Å². The summed E-state index contributed by atoms with van der Waals surface area (Å²) in [6, 6.07) is 5.05. The van der Waals surface area contributed by atoms with Crippen LogP contribution in [-0.2, 0) is 4.79 Å². The fourth-order valence-corrected chi connectivity index (χ4v) is 3.58. The van der Waals surface area contributed by atoms with Crippen molar-refractivity contribution in [1.82, 2.24) is 4.98 Å². The van der Waals surface area contributed by atoms with Crippen LogP contribution in [0.5, 0.6) is 0 Å². The van der Waals surface area contributed by atoms with E-state index in [9.17, 15) is 9.59 Å². The largest absolute Gasteiger partial charge is 0.329 e. The lowest BCUT2D eigenvalue weighted by molar-refractivity contribution is -0.119. The maximum absolute atomic E-state index is 13.1. The molecule has 1 aliphatic rings. The fourth-order valence-electron chi connectivity index (χ4n) is 3.22. The van der Waals surface area contributed by atoms with Gasteiger partial charge < -0.3 is 10.3 Å². The van der Waals surface area contributed by atoms with E-state index in [0.717, 1.165) is 5.57 Å². The molecule has 1 aromatic heterocycles. The highest BCUT2D eigenvalue weighted by Crippen LogP contribution is 2.30. The number of H-pyrrole nitrogens is 1. The van der Waals surface area contributed by atoms with Crippen molar-refractivity contribution >= 4 is 45.6 Å². The number of aromatic amines is 1. The van der Waals surface area contributed by atoms with Gasteiger partial charge in [0.1, 0.15) is 5.38 Å². The minimum absolute atomic E-state index is 0.0548. The smallest absolute Gasteiger partial charge is 0.255 e. The zero-order valence-corrected chi connectivity index (χ0v) is 17.1. The van der Waals surface area contributed by atoms with Gasteiger partial charge in [0, 0.05) is 18.0 Å². The Morgan fingerprint density at radius 3 is 2.89 bits per heavy atom. The molecule has 4 nitrogen and oxygen atoms in total. The van der Waals surface area contributed by atoms with Gasteiger partial charge in [-0.15, -0.1) is 11.6 Å². The molecule has 0 radical (unpaired) electrons. The van der Waals surface area contributed by atoms with E-state index in [1.165, 1.54) is 0 Å². The van der Waals surface area contributed by atoms with E-state index >= 15 is 0 Å². The summed E-state index contributed by atoms with van der Waals surface area (Å²) in [6.07, 6.45) is 7.72. The summed E-state index contributed by atoms with van der Waals surface area (Å²) in [6.45, 7) is 3.98. The molecular weight excluding hydrogens is 395 g/mol. The first-order chi connectivity index (χ1) is 13.4. The Bertz CT molecular complexity index is 1090. The Kier molecular flexibility index (Phi) is 6.28. The Morgan fingerprint density at radius 2 is 2.14 bits per heavy atom. The van der Waals surface area contributed by atoms with Gasteiger partial charge >= 0.3 is 0 Å². The number of hydrogen-bond donors (Lipinski definition) is 2. The normalized spacial score (nSPS) is 20.3. The van der Waals surface area contributed by atoms with Crippen LogP contribution >= 0.6 is 23.2 Å². The highest BCUT2D eigenvalue weighted by Gasteiger charge is 2.26. The highest BCUT2D eigenvalue weighted by atomic mass is 35.5. The lowest BCUT2D eigenvalue weighted by atomic mass is 9.85. The van der Waals surface area contributed by atoms with Crippen LogP contribution in [0.15, 0.2) is 53.0 Å². The maximum Gasteiger partial charge on any atom is 0.255 e. The van der Waals surface area contributed by atoms with Crippen molar-refractivity contribution in [3.8, 4) is 11.8 Å². The van der Waals surface area contributed by atoms with Gasteiger partial charge in [0.2, 0.25) is 5.91 Å². The number of fused-ring (bicyclic) bond motifs is 1. The third-order valence-corrected chi connectivity index (χ3v) is 5.13. The summed E-state index contributed by atoms with van der Waals surface area (Å²) < 4.78 is 0. The van der Waals surface area contributed by atoms with Crippen LogP contribution in [0.25, 0.3) is 10.8 Å². The second-order valence-electron chi connectivity index (χ2n) is 6.93. The zero-order valence-electron chi connectivity index (χ0n) is 15.6. The molecule has 0 fully saturated rings. The second kappa shape index (κ2) is 8.68. The molecule has 6 heteroatoms. The highest BCUT2D eigenvalue weighted by molar-refractivity contribution is 6.34. The second-order valence-corrected chi connectivity index (χ2v) is 7.80. The van der Waals surface area contributed by atoms with E-state index < -0.39 is 0 Å². The predicted octanol–water partition coefficient (Wildman–Crippen LogP) is 4.89. The van der Waals surface area contributed by atoms with E-state index in [1.807, 2.05) is 26.0 Å². The molecule has 2 N–H and O–H groups in total. The van der Waals surface area contributed by atoms with Gasteiger partial charge in [-0.05, 0) is 35.1 Å². The summed E-state index contributed by atoms with van der Waals surface area (Å²) in [7, 11) is 0. The van der Waals surface area contributed by atoms with Crippen molar-refractivity contribution in [3.63, 3.8) is 0 Å². The number of amides is 1. The number of halogens is 2. The van der Waals surface area contributed by atoms with Crippen molar-refractivity contribution in [2.24, 2.45) is 11.8 Å². The van der Waals surface area contributed by atoms with Gasteiger partial charge in [-0.1, -0.05) is 55.5 Å². The molecule has 0 bridgehead atoms. The number of carbonyl (C=O) groups excluding carboxylic acids is 1. The van der Waals surface area contributed by atoms with Gasteiger partial charge in [-0.3, -0.25) is 9.59 Å². The molecule has 28 heavy (non-hydrogen) atoms. The number of nitrogens with one attached hydrogen (secondary N) is 2. The Hall–Kier alpha value is -2.48. The van der Waals surface area contributed by atoms with E-state index in [4.69, 9.17) is 23.2 Å². The molecule has 2 atom stereocenters. The van der Waals surface area contributed by atoms with E-state index in [-0.39, 0.29) is 28.7 Å². The van der Waals surface area contributed by atoms with Crippen molar-refractivity contribution in [1.29, 1.82) is 0 Å². The zero-order chi connectivity index (χ0) is 20.3. The molecule has 1 heterocycles. The van der Waals surface area contributed by atoms with Crippen LogP contribution in [0.3, 0.4) is 0 Å². The summed E-state index contributed by atoms with van der Waals surface area (Å²) in [5, 5.41) is 4.05. The number of rotatable bonds is 4. The van der Waals surface area contributed by atoms with Gasteiger partial charge in [0.05, 0.1) is 16.6 Å².